The van der Waals surface area contributed by atoms with E-state index in [1.165, 1.54) is 0 Å². The van der Waals surface area contributed by atoms with Crippen LogP contribution in [0.25, 0.3) is 32.9 Å². The number of anilines is 1. The van der Waals surface area contributed by atoms with E-state index in [0.717, 1.165) is 68.8 Å². The molecule has 8 nitrogen and oxygen atoms in total. The Bertz CT molecular complexity index is 1650. The highest BCUT2D eigenvalue weighted by Crippen LogP contribution is 2.39. The molecule has 0 saturated carbocycles. The zero-order valence-electron chi connectivity index (χ0n) is 23.7. The molecular weight excluding hydrogens is 555 g/mol. The van der Waals surface area contributed by atoms with Gasteiger partial charge in [-0.3, -0.25) is 9.78 Å². The third kappa shape index (κ3) is 4.63. The number of ether oxygens (including phenoxy) is 1. The average Bonchev–Trinajstić information content (AvgIpc) is 3.57. The maximum Gasteiger partial charge on any atom is 0.319 e. The van der Waals surface area contributed by atoms with Gasteiger partial charge in [-0.05, 0) is 43.6 Å². The number of pyridine rings is 1. The zero-order chi connectivity index (χ0) is 28.8. The topological polar surface area (TPSA) is 83.5 Å². The fraction of sp³-hybridized carbons (Fsp3) is 0.438. The molecule has 3 aliphatic rings. The first-order valence-corrected chi connectivity index (χ1v) is 15.3. The number of rotatable bonds is 8. The summed E-state index contributed by atoms with van der Waals surface area (Å²) in [5.74, 6) is 0.0932. The van der Waals surface area contributed by atoms with Crippen LogP contribution in [0.1, 0.15) is 45.4 Å². The van der Waals surface area contributed by atoms with E-state index >= 15 is 4.39 Å². The summed E-state index contributed by atoms with van der Waals surface area (Å²) in [6.45, 7) is 4.61. The number of piperazine rings is 1. The molecule has 218 valence electrons. The standard InChI is InChI=1S/C32H34ClFN6O2/c1-2-12-32(13-5-14-40(32)19-41)18-42-31-37-29-24(30(38-31)39-16-21-10-11-22(17-39)36-21)15-35-28(27(29)34)23-8-3-6-20-7-4-9-25(33)26(20)23/h3-4,6-9,15,19,21-22,36H,2,5,10-14,16-18H2,1H3. The molecule has 5 heterocycles. The summed E-state index contributed by atoms with van der Waals surface area (Å²) in [5.41, 5.74) is 0.542. The van der Waals surface area contributed by atoms with Crippen molar-refractivity contribution in [3.8, 4) is 17.3 Å². The normalized spacial score (nSPS) is 23.7. The smallest absolute Gasteiger partial charge is 0.319 e. The largest absolute Gasteiger partial charge is 0.461 e. The predicted molar refractivity (Wildman–Crippen MR) is 163 cm³/mol. The van der Waals surface area contributed by atoms with Crippen LogP contribution in [0.3, 0.4) is 0 Å². The van der Waals surface area contributed by atoms with Gasteiger partial charge in [-0.2, -0.15) is 9.97 Å². The van der Waals surface area contributed by atoms with E-state index in [0.29, 0.717) is 40.4 Å². The highest BCUT2D eigenvalue weighted by molar-refractivity contribution is 6.36. The number of halogens is 2. The van der Waals surface area contributed by atoms with E-state index in [1.54, 1.807) is 12.3 Å². The van der Waals surface area contributed by atoms with Crippen molar-refractivity contribution in [3.05, 3.63) is 53.4 Å². The minimum atomic E-state index is -0.537. The van der Waals surface area contributed by atoms with Gasteiger partial charge in [0.05, 0.1) is 10.9 Å². The van der Waals surface area contributed by atoms with Crippen molar-refractivity contribution >= 4 is 45.5 Å². The molecule has 3 aliphatic heterocycles. The molecule has 42 heavy (non-hydrogen) atoms. The van der Waals surface area contributed by atoms with Crippen LogP contribution in [0, 0.1) is 5.82 Å². The highest BCUT2D eigenvalue weighted by Gasteiger charge is 2.41. The van der Waals surface area contributed by atoms with Gasteiger partial charge in [0.25, 0.3) is 0 Å². The number of hydrogen-bond donors (Lipinski definition) is 1. The maximum atomic E-state index is 16.6. The lowest BCUT2D eigenvalue weighted by atomic mass is 9.92. The number of likely N-dealkylation sites (tertiary alicyclic amines) is 1. The summed E-state index contributed by atoms with van der Waals surface area (Å²) in [5, 5.41) is 6.39. The van der Waals surface area contributed by atoms with E-state index in [2.05, 4.69) is 27.1 Å². The second-order valence-corrected chi connectivity index (χ2v) is 12.3. The lowest BCUT2D eigenvalue weighted by Gasteiger charge is -2.36. The van der Waals surface area contributed by atoms with Crippen molar-refractivity contribution < 1.29 is 13.9 Å². The van der Waals surface area contributed by atoms with Gasteiger partial charge in [0.2, 0.25) is 6.41 Å². The number of nitrogens with one attached hydrogen (secondary N) is 1. The summed E-state index contributed by atoms with van der Waals surface area (Å²) >= 11 is 6.60. The molecule has 1 amide bonds. The molecule has 3 fully saturated rings. The van der Waals surface area contributed by atoms with Gasteiger partial charge < -0.3 is 19.9 Å². The van der Waals surface area contributed by atoms with E-state index in [9.17, 15) is 4.79 Å². The molecule has 2 aromatic heterocycles. The number of aromatic nitrogens is 3. The monoisotopic (exact) mass is 588 g/mol. The van der Waals surface area contributed by atoms with Crippen molar-refractivity contribution in [2.24, 2.45) is 0 Å². The molecule has 4 aromatic rings. The number of benzene rings is 2. The molecule has 0 spiro atoms. The number of carbonyl (C=O) groups is 1. The quantitative estimate of drug-likeness (QED) is 0.263. The SMILES string of the molecule is CCCC1(COc2nc(N3CC4CCC(C3)N4)c3cnc(-c4cccc5cccc(Cl)c45)c(F)c3n2)CCCN1C=O. The number of hydrogen-bond acceptors (Lipinski definition) is 7. The molecule has 3 unspecified atom stereocenters. The van der Waals surface area contributed by atoms with Gasteiger partial charge in [0.15, 0.2) is 5.82 Å². The van der Waals surface area contributed by atoms with Crippen LogP contribution in [0.5, 0.6) is 6.01 Å². The number of nitrogens with zero attached hydrogens (tertiary/aromatic N) is 5. The van der Waals surface area contributed by atoms with Gasteiger partial charge in [-0.15, -0.1) is 0 Å². The minimum absolute atomic E-state index is 0.114. The van der Waals surface area contributed by atoms with Gasteiger partial charge in [-0.25, -0.2) is 4.39 Å². The van der Waals surface area contributed by atoms with Crippen LogP contribution in [-0.4, -0.2) is 70.1 Å². The Morgan fingerprint density at radius 1 is 1.17 bits per heavy atom. The fourth-order valence-corrected chi connectivity index (χ4v) is 7.54. The van der Waals surface area contributed by atoms with Crippen molar-refractivity contribution in [1.29, 1.82) is 0 Å². The van der Waals surface area contributed by atoms with Crippen LogP contribution in [-0.2, 0) is 4.79 Å². The van der Waals surface area contributed by atoms with Crippen molar-refractivity contribution in [3.63, 3.8) is 0 Å². The Hall–Kier alpha value is -3.56. The zero-order valence-corrected chi connectivity index (χ0v) is 24.4. The van der Waals surface area contributed by atoms with Gasteiger partial charge >= 0.3 is 6.01 Å². The second-order valence-electron chi connectivity index (χ2n) is 11.9. The molecule has 3 saturated heterocycles. The van der Waals surface area contributed by atoms with Gasteiger partial charge in [0, 0.05) is 53.9 Å². The van der Waals surface area contributed by atoms with Crippen LogP contribution >= 0.6 is 11.6 Å². The lowest BCUT2D eigenvalue weighted by Crippen LogP contribution is -2.51. The second kappa shape index (κ2) is 10.9. The summed E-state index contributed by atoms with van der Waals surface area (Å²) in [6.07, 6.45) is 8.31. The Morgan fingerprint density at radius 2 is 1.95 bits per heavy atom. The van der Waals surface area contributed by atoms with Crippen LogP contribution in [0.15, 0.2) is 42.6 Å². The number of fused-ring (bicyclic) bond motifs is 4. The van der Waals surface area contributed by atoms with Gasteiger partial charge in [0.1, 0.15) is 23.6 Å². The Balaban J connectivity index is 1.35. The molecule has 10 heteroatoms. The Labute approximate surface area is 249 Å². The highest BCUT2D eigenvalue weighted by atomic mass is 35.5. The minimum Gasteiger partial charge on any atom is -0.461 e. The Morgan fingerprint density at radius 3 is 2.71 bits per heavy atom. The van der Waals surface area contributed by atoms with Crippen molar-refractivity contribution in [1.82, 2.24) is 25.2 Å². The van der Waals surface area contributed by atoms with Crippen molar-refractivity contribution in [2.45, 2.75) is 63.1 Å². The molecular formula is C32H34ClFN6O2. The molecule has 2 aromatic carbocycles. The van der Waals surface area contributed by atoms with Crippen LogP contribution in [0.4, 0.5) is 10.2 Å². The first-order valence-electron chi connectivity index (χ1n) is 14.9. The molecule has 1 N–H and O–H groups in total. The maximum absolute atomic E-state index is 16.6. The molecule has 2 bridgehead atoms. The predicted octanol–water partition coefficient (Wildman–Crippen LogP) is 5.75. The van der Waals surface area contributed by atoms with E-state index in [4.69, 9.17) is 21.3 Å². The summed E-state index contributed by atoms with van der Waals surface area (Å²) in [6, 6.07) is 12.1. The first-order chi connectivity index (χ1) is 20.5. The van der Waals surface area contributed by atoms with Crippen LogP contribution in [0.2, 0.25) is 5.02 Å². The summed E-state index contributed by atoms with van der Waals surface area (Å²) in [7, 11) is 0. The molecule has 0 aliphatic carbocycles. The van der Waals surface area contributed by atoms with E-state index < -0.39 is 11.4 Å². The third-order valence-electron chi connectivity index (χ3n) is 9.23. The molecule has 0 radical (unpaired) electrons. The lowest BCUT2D eigenvalue weighted by molar-refractivity contribution is -0.123. The first kappa shape index (κ1) is 27.3. The summed E-state index contributed by atoms with van der Waals surface area (Å²) < 4.78 is 22.9. The average molecular weight is 589 g/mol. The van der Waals surface area contributed by atoms with E-state index in [-0.39, 0.29) is 23.8 Å². The Kier molecular flexibility index (Phi) is 7.10. The number of carbonyl (C=O) groups excluding carboxylic acids is 1. The fourth-order valence-electron chi connectivity index (χ4n) is 7.26. The van der Waals surface area contributed by atoms with Crippen LogP contribution < -0.4 is 15.0 Å². The van der Waals surface area contributed by atoms with Gasteiger partial charge in [-0.1, -0.05) is 55.3 Å². The molecule has 3 atom stereocenters. The molecule has 7 rings (SSSR count). The van der Waals surface area contributed by atoms with E-state index in [1.807, 2.05) is 35.2 Å². The van der Waals surface area contributed by atoms with Crippen molar-refractivity contribution in [2.75, 3.05) is 31.1 Å². The third-order valence-corrected chi connectivity index (χ3v) is 9.55. The number of amides is 1. The summed E-state index contributed by atoms with van der Waals surface area (Å²) in [4.78, 5) is 30.1.